The van der Waals surface area contributed by atoms with Gasteiger partial charge in [-0.2, -0.15) is 0 Å². The lowest BCUT2D eigenvalue weighted by Crippen LogP contribution is -2.42. The van der Waals surface area contributed by atoms with E-state index in [0.29, 0.717) is 12.1 Å². The standard InChI is InChI=1S/C12H19NO3/c1-16-5-4-13-10-2-3-11(13)7-9(6-10)8-12(14)15/h8,10-11H,2-7H2,1H3,(H,14,15). The lowest BCUT2D eigenvalue weighted by atomic mass is 9.96. The highest BCUT2D eigenvalue weighted by Gasteiger charge is 2.37. The molecule has 2 rings (SSSR count). The lowest BCUT2D eigenvalue weighted by Gasteiger charge is -2.35. The largest absolute Gasteiger partial charge is 0.478 e. The number of methoxy groups -OCH3 is 1. The number of carbonyl (C=O) groups is 1. The van der Waals surface area contributed by atoms with Gasteiger partial charge in [0, 0.05) is 31.8 Å². The van der Waals surface area contributed by atoms with Crippen LogP contribution in [0.4, 0.5) is 0 Å². The normalized spacial score (nSPS) is 29.4. The topological polar surface area (TPSA) is 49.8 Å². The number of carboxylic acid groups (broad SMARTS) is 1. The number of fused-ring (bicyclic) bond motifs is 2. The molecule has 2 atom stereocenters. The zero-order valence-corrected chi connectivity index (χ0v) is 9.69. The van der Waals surface area contributed by atoms with Crippen molar-refractivity contribution in [3.8, 4) is 0 Å². The molecule has 0 aromatic carbocycles. The van der Waals surface area contributed by atoms with Crippen molar-refractivity contribution in [2.45, 2.75) is 37.8 Å². The van der Waals surface area contributed by atoms with Gasteiger partial charge in [-0.05, 0) is 25.7 Å². The van der Waals surface area contributed by atoms with Crippen LogP contribution in [0.15, 0.2) is 11.6 Å². The third-order valence-corrected chi connectivity index (χ3v) is 3.65. The lowest BCUT2D eigenvalue weighted by molar-refractivity contribution is -0.131. The van der Waals surface area contributed by atoms with Crippen LogP contribution in [0.5, 0.6) is 0 Å². The van der Waals surface area contributed by atoms with Gasteiger partial charge < -0.3 is 9.84 Å². The maximum absolute atomic E-state index is 10.6. The molecule has 0 spiro atoms. The highest BCUT2D eigenvalue weighted by Crippen LogP contribution is 2.37. The molecule has 0 aromatic rings. The molecular weight excluding hydrogens is 206 g/mol. The summed E-state index contributed by atoms with van der Waals surface area (Å²) in [5, 5.41) is 8.76. The van der Waals surface area contributed by atoms with Crippen LogP contribution in [0.2, 0.25) is 0 Å². The summed E-state index contributed by atoms with van der Waals surface area (Å²) >= 11 is 0. The van der Waals surface area contributed by atoms with Crippen LogP contribution in [0.3, 0.4) is 0 Å². The fourth-order valence-electron chi connectivity index (χ4n) is 3.00. The first-order valence-corrected chi connectivity index (χ1v) is 5.87. The second kappa shape index (κ2) is 4.97. The van der Waals surface area contributed by atoms with Gasteiger partial charge >= 0.3 is 5.97 Å². The van der Waals surface area contributed by atoms with Crippen LogP contribution in [-0.2, 0) is 9.53 Å². The summed E-state index contributed by atoms with van der Waals surface area (Å²) in [7, 11) is 1.72. The second-order valence-electron chi connectivity index (χ2n) is 4.66. The molecule has 2 unspecified atom stereocenters. The number of ether oxygens (including phenoxy) is 1. The van der Waals surface area contributed by atoms with Crippen molar-refractivity contribution in [3.63, 3.8) is 0 Å². The van der Waals surface area contributed by atoms with Crippen molar-refractivity contribution >= 4 is 5.97 Å². The van der Waals surface area contributed by atoms with Gasteiger partial charge in [0.15, 0.2) is 0 Å². The van der Waals surface area contributed by atoms with Crippen LogP contribution in [0, 0.1) is 0 Å². The third kappa shape index (κ3) is 2.44. The zero-order valence-electron chi connectivity index (χ0n) is 9.69. The molecule has 2 heterocycles. The molecule has 2 bridgehead atoms. The number of carboxylic acids is 1. The Morgan fingerprint density at radius 2 is 2.12 bits per heavy atom. The predicted molar refractivity (Wildman–Crippen MR) is 60.3 cm³/mol. The molecular formula is C12H19NO3. The van der Waals surface area contributed by atoms with E-state index in [4.69, 9.17) is 9.84 Å². The van der Waals surface area contributed by atoms with E-state index in [2.05, 4.69) is 4.90 Å². The van der Waals surface area contributed by atoms with Crippen molar-refractivity contribution in [3.05, 3.63) is 11.6 Å². The Morgan fingerprint density at radius 1 is 1.50 bits per heavy atom. The summed E-state index contributed by atoms with van der Waals surface area (Å²) in [6.45, 7) is 1.75. The summed E-state index contributed by atoms with van der Waals surface area (Å²) in [6.07, 6.45) is 5.65. The summed E-state index contributed by atoms with van der Waals surface area (Å²) in [5.41, 5.74) is 1.11. The van der Waals surface area contributed by atoms with Crippen molar-refractivity contribution < 1.29 is 14.6 Å². The minimum absolute atomic E-state index is 0.541. The second-order valence-corrected chi connectivity index (χ2v) is 4.66. The van der Waals surface area contributed by atoms with Crippen LogP contribution < -0.4 is 0 Å². The van der Waals surface area contributed by atoms with E-state index in [0.717, 1.165) is 31.6 Å². The SMILES string of the molecule is COCCN1C2CCC1CC(=CC(=O)O)C2. The number of nitrogens with zero attached hydrogens (tertiary/aromatic N) is 1. The fraction of sp³-hybridized carbons (Fsp3) is 0.750. The highest BCUT2D eigenvalue weighted by atomic mass is 16.5. The molecule has 0 amide bonds. The number of piperidine rings is 1. The molecule has 0 aliphatic carbocycles. The summed E-state index contributed by atoms with van der Waals surface area (Å²) < 4.78 is 5.11. The van der Waals surface area contributed by atoms with Gasteiger partial charge in [-0.25, -0.2) is 4.79 Å². The van der Waals surface area contributed by atoms with Gasteiger partial charge in [-0.15, -0.1) is 0 Å². The molecule has 2 saturated heterocycles. The number of aliphatic carboxylic acids is 1. The van der Waals surface area contributed by atoms with Crippen LogP contribution >= 0.6 is 0 Å². The van der Waals surface area contributed by atoms with E-state index in [-0.39, 0.29) is 0 Å². The van der Waals surface area contributed by atoms with Crippen LogP contribution in [-0.4, -0.2) is 48.3 Å². The summed E-state index contributed by atoms with van der Waals surface area (Å²) in [4.78, 5) is 13.1. The minimum Gasteiger partial charge on any atom is -0.478 e. The predicted octanol–water partition coefficient (Wildman–Crippen LogP) is 1.27. The zero-order chi connectivity index (χ0) is 11.5. The maximum Gasteiger partial charge on any atom is 0.328 e. The Kier molecular flexibility index (Phi) is 3.61. The molecule has 2 fully saturated rings. The molecule has 1 N–H and O–H groups in total. The quantitative estimate of drug-likeness (QED) is 0.732. The van der Waals surface area contributed by atoms with Crippen molar-refractivity contribution in [2.75, 3.05) is 20.3 Å². The molecule has 2 aliphatic rings. The minimum atomic E-state index is -0.806. The molecule has 4 nitrogen and oxygen atoms in total. The molecule has 16 heavy (non-hydrogen) atoms. The van der Waals surface area contributed by atoms with Gasteiger partial charge in [0.1, 0.15) is 0 Å². The van der Waals surface area contributed by atoms with E-state index >= 15 is 0 Å². The van der Waals surface area contributed by atoms with Crippen LogP contribution in [0.25, 0.3) is 0 Å². The molecule has 0 radical (unpaired) electrons. The number of rotatable bonds is 4. The molecule has 0 saturated carbocycles. The van der Waals surface area contributed by atoms with Gasteiger partial charge in [-0.3, -0.25) is 4.90 Å². The number of hydrogen-bond acceptors (Lipinski definition) is 3. The van der Waals surface area contributed by atoms with Crippen molar-refractivity contribution in [1.29, 1.82) is 0 Å². The summed E-state index contributed by atoms with van der Waals surface area (Å²) in [5.74, 6) is -0.806. The monoisotopic (exact) mass is 225 g/mol. The third-order valence-electron chi connectivity index (χ3n) is 3.65. The van der Waals surface area contributed by atoms with Crippen LogP contribution in [0.1, 0.15) is 25.7 Å². The molecule has 90 valence electrons. The first-order valence-electron chi connectivity index (χ1n) is 5.87. The van der Waals surface area contributed by atoms with Crippen molar-refractivity contribution in [2.24, 2.45) is 0 Å². The fourth-order valence-corrected chi connectivity index (χ4v) is 3.00. The average molecular weight is 225 g/mol. The first-order chi connectivity index (χ1) is 7.70. The smallest absolute Gasteiger partial charge is 0.328 e. The Labute approximate surface area is 95.9 Å². The molecule has 2 aliphatic heterocycles. The van der Waals surface area contributed by atoms with E-state index in [1.54, 1.807) is 7.11 Å². The average Bonchev–Trinajstić information content (AvgIpc) is 2.46. The van der Waals surface area contributed by atoms with E-state index in [1.807, 2.05) is 0 Å². The van der Waals surface area contributed by atoms with E-state index in [1.165, 1.54) is 18.9 Å². The maximum atomic E-state index is 10.6. The highest BCUT2D eigenvalue weighted by molar-refractivity contribution is 5.80. The molecule has 0 aromatic heterocycles. The first kappa shape index (κ1) is 11.6. The Balaban J connectivity index is 1.98. The van der Waals surface area contributed by atoms with Gasteiger partial charge in [0.2, 0.25) is 0 Å². The number of hydrogen-bond donors (Lipinski definition) is 1. The summed E-state index contributed by atoms with van der Waals surface area (Å²) in [6, 6.07) is 1.08. The van der Waals surface area contributed by atoms with Gasteiger partial charge in [0.05, 0.1) is 6.61 Å². The van der Waals surface area contributed by atoms with Gasteiger partial charge in [-0.1, -0.05) is 5.57 Å². The van der Waals surface area contributed by atoms with Gasteiger partial charge in [0.25, 0.3) is 0 Å². The van der Waals surface area contributed by atoms with E-state index in [9.17, 15) is 4.79 Å². The Bertz CT molecular complexity index is 285. The Morgan fingerprint density at radius 3 is 2.62 bits per heavy atom. The Hall–Kier alpha value is -0.870. The van der Waals surface area contributed by atoms with Crippen molar-refractivity contribution in [1.82, 2.24) is 4.90 Å². The molecule has 4 heteroatoms. The van der Waals surface area contributed by atoms with E-state index < -0.39 is 5.97 Å².